The van der Waals surface area contributed by atoms with Gasteiger partial charge in [0.25, 0.3) is 0 Å². The maximum atomic E-state index is 12.2. The number of nitrogens with one attached hydrogen (secondary N) is 2. The van der Waals surface area contributed by atoms with Crippen LogP contribution >= 0.6 is 0 Å². The Hall–Kier alpha value is -1.93. The number of hydrogen-bond donors (Lipinski definition) is 3. The molecule has 0 fully saturated rings. The van der Waals surface area contributed by atoms with Gasteiger partial charge in [-0.3, -0.25) is 9.79 Å². The number of aliphatic imine (C=N–C) groups is 1. The Balaban J connectivity index is 2.13. The molecule has 0 aliphatic carbocycles. The lowest BCUT2D eigenvalue weighted by atomic mass is 10.2. The van der Waals surface area contributed by atoms with Crippen LogP contribution in [-0.4, -0.2) is 44.5 Å². The lowest BCUT2D eigenvalue weighted by Crippen LogP contribution is -2.45. The van der Waals surface area contributed by atoms with Crippen molar-refractivity contribution in [3.63, 3.8) is 0 Å². The third kappa shape index (κ3) is 4.27. The number of rotatable bonds is 6. The predicted molar refractivity (Wildman–Crippen MR) is 77.7 cm³/mol. The first-order valence-corrected chi connectivity index (χ1v) is 8.05. The highest BCUT2D eigenvalue weighted by Crippen LogP contribution is 2.10. The highest BCUT2D eigenvalue weighted by Gasteiger charge is 2.27. The molecule has 1 atom stereocenters. The van der Waals surface area contributed by atoms with E-state index in [1.165, 1.54) is 12.1 Å². The molecule has 7 nitrogen and oxygen atoms in total. The lowest BCUT2D eigenvalue weighted by Gasteiger charge is -2.19. The van der Waals surface area contributed by atoms with Gasteiger partial charge in [0, 0.05) is 19.5 Å². The van der Waals surface area contributed by atoms with Crippen molar-refractivity contribution in [1.29, 1.82) is 0 Å². The van der Waals surface area contributed by atoms with Crippen molar-refractivity contribution >= 4 is 21.8 Å². The van der Waals surface area contributed by atoms with Crippen LogP contribution in [0.15, 0.2) is 40.2 Å². The number of carboxylic acids is 1. The number of benzene rings is 1. The molecule has 114 valence electrons. The Morgan fingerprint density at radius 3 is 2.67 bits per heavy atom. The van der Waals surface area contributed by atoms with Crippen LogP contribution in [0.3, 0.4) is 0 Å². The minimum absolute atomic E-state index is 0.00139. The molecule has 2 rings (SSSR count). The van der Waals surface area contributed by atoms with Crippen LogP contribution in [0.1, 0.15) is 12.8 Å². The summed E-state index contributed by atoms with van der Waals surface area (Å²) in [5.74, 6) is -0.714. The minimum atomic E-state index is -3.87. The molecular formula is C13H17N3O4S. The van der Waals surface area contributed by atoms with Crippen molar-refractivity contribution in [3.8, 4) is 0 Å². The molecule has 0 saturated heterocycles. The number of carboxylic acid groups (broad SMARTS) is 1. The zero-order chi connectivity index (χ0) is 15.3. The van der Waals surface area contributed by atoms with Crippen molar-refractivity contribution < 1.29 is 18.3 Å². The quantitative estimate of drug-likeness (QED) is 0.695. The molecule has 0 bridgehead atoms. The fraction of sp³-hybridized carbons (Fsp3) is 0.385. The Bertz CT molecular complexity index is 628. The molecule has 3 N–H and O–H groups in total. The van der Waals surface area contributed by atoms with Gasteiger partial charge in [0.2, 0.25) is 10.0 Å². The third-order valence-electron chi connectivity index (χ3n) is 3.01. The van der Waals surface area contributed by atoms with Gasteiger partial charge >= 0.3 is 5.97 Å². The summed E-state index contributed by atoms with van der Waals surface area (Å²) in [5, 5.41) is 12.2. The van der Waals surface area contributed by atoms with E-state index in [4.69, 9.17) is 0 Å². The van der Waals surface area contributed by atoms with Crippen molar-refractivity contribution in [1.82, 2.24) is 10.0 Å². The summed E-state index contributed by atoms with van der Waals surface area (Å²) in [7, 11) is -3.87. The van der Waals surface area contributed by atoms with Crippen LogP contribution in [0.2, 0.25) is 0 Å². The van der Waals surface area contributed by atoms with E-state index in [1.54, 1.807) is 18.2 Å². The fourth-order valence-electron chi connectivity index (χ4n) is 1.95. The van der Waals surface area contributed by atoms with Gasteiger partial charge in [-0.1, -0.05) is 18.2 Å². The van der Waals surface area contributed by atoms with E-state index in [1.807, 2.05) is 0 Å². The third-order valence-corrected chi connectivity index (χ3v) is 4.50. The molecular weight excluding hydrogens is 294 g/mol. The van der Waals surface area contributed by atoms with E-state index in [-0.39, 0.29) is 11.3 Å². The molecule has 1 unspecified atom stereocenters. The van der Waals surface area contributed by atoms with Gasteiger partial charge in [-0.15, -0.1) is 0 Å². The van der Waals surface area contributed by atoms with Crippen LogP contribution < -0.4 is 10.0 Å². The van der Waals surface area contributed by atoms with Gasteiger partial charge in [-0.25, -0.2) is 8.42 Å². The summed E-state index contributed by atoms with van der Waals surface area (Å²) < 4.78 is 26.5. The van der Waals surface area contributed by atoms with Crippen LogP contribution in [0.4, 0.5) is 0 Å². The molecule has 21 heavy (non-hydrogen) atoms. The molecule has 1 aromatic rings. The van der Waals surface area contributed by atoms with Gasteiger partial charge in [0.05, 0.1) is 10.7 Å². The average molecular weight is 311 g/mol. The van der Waals surface area contributed by atoms with Gasteiger partial charge in [-0.05, 0) is 18.6 Å². The molecule has 0 aromatic heterocycles. The molecule has 0 amide bonds. The van der Waals surface area contributed by atoms with E-state index in [9.17, 15) is 18.3 Å². The Morgan fingerprint density at radius 1 is 1.38 bits per heavy atom. The molecule has 8 heteroatoms. The first-order valence-electron chi connectivity index (χ1n) is 6.56. The smallest absolute Gasteiger partial charge is 0.322 e. The summed E-state index contributed by atoms with van der Waals surface area (Å²) in [6, 6.07) is 6.43. The molecule has 1 aliphatic heterocycles. The highest BCUT2D eigenvalue weighted by molar-refractivity contribution is 7.89. The molecule has 1 aromatic carbocycles. The van der Waals surface area contributed by atoms with Gasteiger partial charge in [0.1, 0.15) is 6.04 Å². The van der Waals surface area contributed by atoms with Gasteiger partial charge < -0.3 is 10.4 Å². The first-order chi connectivity index (χ1) is 9.99. The van der Waals surface area contributed by atoms with Crippen molar-refractivity contribution in [3.05, 3.63) is 30.3 Å². The number of aliphatic carboxylic acids is 1. The standard InChI is InChI=1S/C13H17N3O4S/c17-13(18)11(9-12-14-7-4-8-15-12)16-21(19,20)10-5-2-1-3-6-10/h1-3,5-6,11,16H,4,7-9H2,(H,14,15)(H,17,18). The van der Waals surface area contributed by atoms with Crippen LogP contribution in [0.5, 0.6) is 0 Å². The van der Waals surface area contributed by atoms with Gasteiger partial charge in [-0.2, -0.15) is 4.72 Å². The molecule has 1 aliphatic rings. The van der Waals surface area contributed by atoms with Crippen LogP contribution in [0.25, 0.3) is 0 Å². The number of carbonyl (C=O) groups is 1. The number of amidine groups is 1. The largest absolute Gasteiger partial charge is 0.480 e. The van der Waals surface area contributed by atoms with E-state index < -0.39 is 22.0 Å². The van der Waals surface area contributed by atoms with E-state index in [2.05, 4.69) is 15.0 Å². The maximum Gasteiger partial charge on any atom is 0.322 e. The van der Waals surface area contributed by atoms with E-state index >= 15 is 0 Å². The zero-order valence-electron chi connectivity index (χ0n) is 11.3. The normalized spacial score (nSPS) is 16.7. The van der Waals surface area contributed by atoms with Gasteiger partial charge in [0.15, 0.2) is 0 Å². The minimum Gasteiger partial charge on any atom is -0.480 e. The second kappa shape index (κ2) is 6.68. The predicted octanol–water partition coefficient (Wildman–Crippen LogP) is 0.200. The van der Waals surface area contributed by atoms with E-state index in [0.717, 1.165) is 13.0 Å². The Morgan fingerprint density at radius 2 is 2.10 bits per heavy atom. The number of nitrogens with zero attached hydrogens (tertiary/aromatic N) is 1. The molecule has 0 spiro atoms. The molecule has 0 saturated carbocycles. The monoisotopic (exact) mass is 311 g/mol. The lowest BCUT2D eigenvalue weighted by molar-refractivity contribution is -0.138. The van der Waals surface area contributed by atoms with Crippen LogP contribution in [-0.2, 0) is 14.8 Å². The van der Waals surface area contributed by atoms with Crippen molar-refractivity contribution in [2.45, 2.75) is 23.8 Å². The van der Waals surface area contributed by atoms with Crippen molar-refractivity contribution in [2.24, 2.45) is 4.99 Å². The maximum absolute atomic E-state index is 12.2. The first kappa shape index (κ1) is 15.5. The topological polar surface area (TPSA) is 108 Å². The second-order valence-electron chi connectivity index (χ2n) is 4.64. The highest BCUT2D eigenvalue weighted by atomic mass is 32.2. The number of sulfonamides is 1. The fourth-order valence-corrected chi connectivity index (χ4v) is 3.16. The molecule has 1 heterocycles. The second-order valence-corrected chi connectivity index (χ2v) is 6.35. The molecule has 0 radical (unpaired) electrons. The zero-order valence-corrected chi connectivity index (χ0v) is 12.1. The Labute approximate surface area is 123 Å². The summed E-state index contributed by atoms with van der Waals surface area (Å²) in [4.78, 5) is 15.5. The summed E-state index contributed by atoms with van der Waals surface area (Å²) in [5.41, 5.74) is 0. The van der Waals surface area contributed by atoms with E-state index in [0.29, 0.717) is 12.4 Å². The Kier molecular flexibility index (Phi) is 4.92. The number of hydrogen-bond acceptors (Lipinski definition) is 5. The van der Waals surface area contributed by atoms with Crippen molar-refractivity contribution in [2.75, 3.05) is 13.1 Å². The summed E-state index contributed by atoms with van der Waals surface area (Å²) >= 11 is 0. The SMILES string of the molecule is O=C(O)C(CC1=NCCCN1)NS(=O)(=O)c1ccccc1. The average Bonchev–Trinajstić information content (AvgIpc) is 2.48. The van der Waals surface area contributed by atoms with Crippen LogP contribution in [0, 0.1) is 0 Å². The summed E-state index contributed by atoms with van der Waals surface area (Å²) in [6.07, 6.45) is 0.887. The summed E-state index contributed by atoms with van der Waals surface area (Å²) in [6.45, 7) is 1.34.